The van der Waals surface area contributed by atoms with Gasteiger partial charge in [0.25, 0.3) is 11.1 Å². The molecule has 3 aromatic heterocycles. The van der Waals surface area contributed by atoms with Gasteiger partial charge in [-0.1, -0.05) is 36.4 Å². The van der Waals surface area contributed by atoms with Crippen molar-refractivity contribution in [1.82, 2.24) is 19.2 Å². The van der Waals surface area contributed by atoms with Crippen molar-refractivity contribution in [3.63, 3.8) is 0 Å². The van der Waals surface area contributed by atoms with Gasteiger partial charge in [0.05, 0.1) is 12.2 Å². The molecule has 0 N–H and O–H groups in total. The zero-order valence-electron chi connectivity index (χ0n) is 16.2. The van der Waals surface area contributed by atoms with Crippen LogP contribution < -0.4 is 11.1 Å². The van der Waals surface area contributed by atoms with Crippen molar-refractivity contribution in [3.05, 3.63) is 110 Å². The molecule has 0 aliphatic rings. The molecule has 4 aromatic rings. The monoisotopic (exact) mass is 402 g/mol. The Labute approximate surface area is 171 Å². The standard InChI is InChI=1S/C22H18N4O4/c1-15-7-9-19-23-17(11-21(28)25(19)12-15)14-30-22(29)18-8-10-20(27)26(24-18)13-16-5-3-2-4-6-16/h2-12H,13-14H2,1H3. The second-order valence-corrected chi connectivity index (χ2v) is 6.80. The largest absolute Gasteiger partial charge is 0.454 e. The van der Waals surface area contributed by atoms with Crippen LogP contribution in [0.25, 0.3) is 5.65 Å². The molecule has 1 aromatic carbocycles. The number of esters is 1. The van der Waals surface area contributed by atoms with E-state index in [1.54, 1.807) is 12.3 Å². The molecule has 0 bridgehead atoms. The smallest absolute Gasteiger partial charge is 0.359 e. The summed E-state index contributed by atoms with van der Waals surface area (Å²) >= 11 is 0. The summed E-state index contributed by atoms with van der Waals surface area (Å²) in [5.74, 6) is -0.706. The molecule has 0 amide bonds. The lowest BCUT2D eigenvalue weighted by atomic mass is 10.2. The molecule has 0 unspecified atom stereocenters. The van der Waals surface area contributed by atoms with Crippen LogP contribution >= 0.6 is 0 Å². The van der Waals surface area contributed by atoms with Crippen LogP contribution in [0.5, 0.6) is 0 Å². The van der Waals surface area contributed by atoms with Crippen LogP contribution in [0.1, 0.15) is 27.3 Å². The van der Waals surface area contributed by atoms with Crippen LogP contribution in [0.3, 0.4) is 0 Å². The summed E-state index contributed by atoms with van der Waals surface area (Å²) in [7, 11) is 0. The van der Waals surface area contributed by atoms with Gasteiger partial charge in [0.1, 0.15) is 12.3 Å². The number of aryl methyl sites for hydroxylation is 1. The van der Waals surface area contributed by atoms with Crippen LogP contribution in [-0.2, 0) is 17.9 Å². The number of hydrogen-bond acceptors (Lipinski definition) is 6. The highest BCUT2D eigenvalue weighted by atomic mass is 16.5. The number of ether oxygens (including phenoxy) is 1. The van der Waals surface area contributed by atoms with Crippen molar-refractivity contribution in [3.8, 4) is 0 Å². The Morgan fingerprint density at radius 3 is 2.60 bits per heavy atom. The van der Waals surface area contributed by atoms with Crippen LogP contribution in [0.15, 0.2) is 76.4 Å². The van der Waals surface area contributed by atoms with Gasteiger partial charge in [0, 0.05) is 18.3 Å². The number of carbonyl (C=O) groups excluding carboxylic acids is 1. The third-order valence-electron chi connectivity index (χ3n) is 4.46. The minimum absolute atomic E-state index is 0.00123. The number of fused-ring (bicyclic) bond motifs is 1. The highest BCUT2D eigenvalue weighted by Gasteiger charge is 2.13. The molecule has 0 fully saturated rings. The third-order valence-corrected chi connectivity index (χ3v) is 4.46. The fraction of sp³-hybridized carbons (Fsp3) is 0.136. The number of aromatic nitrogens is 4. The molecule has 4 rings (SSSR count). The normalized spacial score (nSPS) is 10.8. The molecule has 0 aliphatic carbocycles. The van der Waals surface area contributed by atoms with Crippen LogP contribution in [0.4, 0.5) is 0 Å². The molecule has 0 radical (unpaired) electrons. The molecule has 30 heavy (non-hydrogen) atoms. The van der Waals surface area contributed by atoms with Gasteiger partial charge in [-0.25, -0.2) is 14.5 Å². The lowest BCUT2D eigenvalue weighted by molar-refractivity contribution is 0.0457. The molecule has 8 nitrogen and oxygen atoms in total. The minimum Gasteiger partial charge on any atom is -0.454 e. The van der Waals surface area contributed by atoms with Gasteiger partial charge in [-0.3, -0.25) is 14.0 Å². The average molecular weight is 402 g/mol. The van der Waals surface area contributed by atoms with Gasteiger partial charge in [0.2, 0.25) is 0 Å². The fourth-order valence-corrected chi connectivity index (χ4v) is 2.97. The van der Waals surface area contributed by atoms with E-state index in [0.717, 1.165) is 11.1 Å². The summed E-state index contributed by atoms with van der Waals surface area (Å²) in [6, 6.07) is 16.8. The van der Waals surface area contributed by atoms with E-state index in [2.05, 4.69) is 10.1 Å². The van der Waals surface area contributed by atoms with E-state index in [4.69, 9.17) is 4.74 Å². The van der Waals surface area contributed by atoms with Gasteiger partial charge in [0.15, 0.2) is 5.69 Å². The number of carbonyl (C=O) groups is 1. The van der Waals surface area contributed by atoms with Gasteiger partial charge < -0.3 is 4.74 Å². The topological polar surface area (TPSA) is 95.6 Å². The van der Waals surface area contributed by atoms with E-state index in [9.17, 15) is 14.4 Å². The van der Waals surface area contributed by atoms with Crippen LogP contribution in [-0.4, -0.2) is 25.1 Å². The molecule has 0 saturated heterocycles. The molecule has 0 atom stereocenters. The van der Waals surface area contributed by atoms with E-state index in [1.165, 1.54) is 27.3 Å². The SMILES string of the molecule is Cc1ccc2nc(COC(=O)c3ccc(=O)n(Cc4ccccc4)n3)cc(=O)n2c1. The van der Waals surface area contributed by atoms with E-state index in [-0.39, 0.29) is 30.0 Å². The minimum atomic E-state index is -0.706. The fourth-order valence-electron chi connectivity index (χ4n) is 2.97. The predicted molar refractivity (Wildman–Crippen MR) is 109 cm³/mol. The Morgan fingerprint density at radius 1 is 1.00 bits per heavy atom. The first-order valence-electron chi connectivity index (χ1n) is 9.28. The van der Waals surface area contributed by atoms with E-state index in [0.29, 0.717) is 11.3 Å². The maximum Gasteiger partial charge on any atom is 0.359 e. The van der Waals surface area contributed by atoms with E-state index < -0.39 is 5.97 Å². The summed E-state index contributed by atoms with van der Waals surface area (Å²) in [6.07, 6.45) is 1.69. The molecular formula is C22H18N4O4. The van der Waals surface area contributed by atoms with E-state index in [1.807, 2.05) is 43.3 Å². The van der Waals surface area contributed by atoms with Crippen LogP contribution in [0.2, 0.25) is 0 Å². The van der Waals surface area contributed by atoms with E-state index >= 15 is 0 Å². The Hall–Kier alpha value is -4.07. The van der Waals surface area contributed by atoms with Crippen molar-refractivity contribution in [2.45, 2.75) is 20.1 Å². The summed E-state index contributed by atoms with van der Waals surface area (Å²) in [5.41, 5.74) is 2.03. The Kier molecular flexibility index (Phi) is 5.21. The van der Waals surface area contributed by atoms with Crippen molar-refractivity contribution in [2.24, 2.45) is 0 Å². The third kappa shape index (κ3) is 4.17. The van der Waals surface area contributed by atoms with Gasteiger partial charge in [-0.05, 0) is 30.2 Å². The van der Waals surface area contributed by atoms with Gasteiger partial charge >= 0.3 is 5.97 Å². The zero-order valence-corrected chi connectivity index (χ0v) is 16.2. The summed E-state index contributed by atoms with van der Waals surface area (Å²) in [5, 5.41) is 4.10. The Morgan fingerprint density at radius 2 is 1.80 bits per heavy atom. The quantitative estimate of drug-likeness (QED) is 0.474. The molecular weight excluding hydrogens is 384 g/mol. The number of hydrogen-bond donors (Lipinski definition) is 0. The van der Waals surface area contributed by atoms with Crippen molar-refractivity contribution in [1.29, 1.82) is 0 Å². The Balaban J connectivity index is 1.51. The first kappa shape index (κ1) is 19.3. The summed E-state index contributed by atoms with van der Waals surface area (Å²) in [6.45, 7) is 1.94. The second-order valence-electron chi connectivity index (χ2n) is 6.80. The number of nitrogens with zero attached hydrogens (tertiary/aromatic N) is 4. The lowest BCUT2D eigenvalue weighted by Crippen LogP contribution is -2.25. The highest BCUT2D eigenvalue weighted by molar-refractivity contribution is 5.86. The molecule has 150 valence electrons. The van der Waals surface area contributed by atoms with Crippen molar-refractivity contribution < 1.29 is 9.53 Å². The molecule has 3 heterocycles. The maximum absolute atomic E-state index is 12.4. The zero-order chi connectivity index (χ0) is 21.1. The molecule has 0 saturated carbocycles. The molecule has 0 aliphatic heterocycles. The van der Waals surface area contributed by atoms with Crippen molar-refractivity contribution in [2.75, 3.05) is 0 Å². The second kappa shape index (κ2) is 8.12. The summed E-state index contributed by atoms with van der Waals surface area (Å²) in [4.78, 5) is 41.1. The number of rotatable bonds is 5. The molecule has 8 heteroatoms. The first-order valence-corrected chi connectivity index (χ1v) is 9.28. The first-order chi connectivity index (χ1) is 14.5. The highest BCUT2D eigenvalue weighted by Crippen LogP contribution is 2.05. The van der Waals surface area contributed by atoms with Gasteiger partial charge in [-0.15, -0.1) is 0 Å². The average Bonchev–Trinajstić information content (AvgIpc) is 2.75. The van der Waals surface area contributed by atoms with Gasteiger partial charge in [-0.2, -0.15) is 5.10 Å². The lowest BCUT2D eigenvalue weighted by Gasteiger charge is -2.08. The number of pyridine rings is 1. The predicted octanol–water partition coefficient (Wildman–Crippen LogP) is 1.96. The van der Waals surface area contributed by atoms with Crippen molar-refractivity contribution >= 4 is 11.6 Å². The summed E-state index contributed by atoms with van der Waals surface area (Å²) < 4.78 is 7.89. The molecule has 0 spiro atoms. The maximum atomic E-state index is 12.4. The Bertz CT molecular complexity index is 1340. The van der Waals surface area contributed by atoms with Crippen LogP contribution in [0, 0.1) is 6.92 Å². The number of benzene rings is 1.